The summed E-state index contributed by atoms with van der Waals surface area (Å²) in [6.45, 7) is 0. The van der Waals surface area contributed by atoms with Gasteiger partial charge in [0.2, 0.25) is 0 Å². The monoisotopic (exact) mass is 197 g/mol. The second kappa shape index (κ2) is 4.30. The number of rotatable bonds is 1. The lowest BCUT2D eigenvalue weighted by Gasteiger charge is -2.21. The van der Waals surface area contributed by atoms with Gasteiger partial charge in [0.1, 0.15) is 6.04 Å². The van der Waals surface area contributed by atoms with Crippen molar-refractivity contribution in [1.82, 2.24) is 5.32 Å². The van der Waals surface area contributed by atoms with Gasteiger partial charge in [-0.25, -0.2) is 0 Å². The highest BCUT2D eigenvalue weighted by molar-refractivity contribution is 5.74. The molecule has 2 rings (SSSR count). The molecule has 0 aromatic heterocycles. The Morgan fingerprint density at radius 2 is 1.86 bits per heavy atom. The molecule has 0 bridgehead atoms. The minimum atomic E-state index is -0.670. The number of hydrogen-bond acceptors (Lipinski definition) is 2. The van der Waals surface area contributed by atoms with Gasteiger partial charge in [0.25, 0.3) is 0 Å². The van der Waals surface area contributed by atoms with Crippen molar-refractivity contribution in [3.05, 3.63) is 0 Å². The first-order chi connectivity index (χ1) is 6.77. The van der Waals surface area contributed by atoms with Crippen molar-refractivity contribution in [2.75, 3.05) is 0 Å². The highest BCUT2D eigenvalue weighted by atomic mass is 16.4. The summed E-state index contributed by atoms with van der Waals surface area (Å²) in [4.78, 5) is 10.9. The Labute approximate surface area is 84.9 Å². The third-order valence-corrected chi connectivity index (χ3v) is 3.66. The van der Waals surface area contributed by atoms with E-state index in [1.165, 1.54) is 38.5 Å². The van der Waals surface area contributed by atoms with Crippen molar-refractivity contribution in [2.24, 2.45) is 5.92 Å². The first-order valence-electron chi connectivity index (χ1n) is 5.76. The molecule has 3 atom stereocenters. The highest BCUT2D eigenvalue weighted by Crippen LogP contribution is 2.31. The van der Waals surface area contributed by atoms with E-state index in [1.807, 2.05) is 0 Å². The van der Waals surface area contributed by atoms with Crippen LogP contribution in [0.4, 0.5) is 0 Å². The van der Waals surface area contributed by atoms with Crippen LogP contribution >= 0.6 is 0 Å². The van der Waals surface area contributed by atoms with E-state index in [-0.39, 0.29) is 6.04 Å². The number of nitrogens with one attached hydrogen (secondary N) is 1. The molecule has 0 spiro atoms. The SMILES string of the molecule is O=C(O)C1CC2CCCCCCC2N1. The average molecular weight is 197 g/mol. The Bertz CT molecular complexity index is 201. The van der Waals surface area contributed by atoms with Crippen LogP contribution in [0.3, 0.4) is 0 Å². The molecule has 0 radical (unpaired) electrons. The molecular weight excluding hydrogens is 178 g/mol. The summed E-state index contributed by atoms with van der Waals surface area (Å²) in [7, 11) is 0. The maximum Gasteiger partial charge on any atom is 0.320 e. The van der Waals surface area contributed by atoms with Gasteiger partial charge in [-0.15, -0.1) is 0 Å². The van der Waals surface area contributed by atoms with Crippen LogP contribution in [-0.2, 0) is 4.79 Å². The highest BCUT2D eigenvalue weighted by Gasteiger charge is 2.36. The minimum absolute atomic E-state index is 0.275. The number of hydrogen-bond donors (Lipinski definition) is 2. The molecule has 0 amide bonds. The van der Waals surface area contributed by atoms with E-state index in [2.05, 4.69) is 5.32 Å². The van der Waals surface area contributed by atoms with Crippen LogP contribution < -0.4 is 5.32 Å². The maximum absolute atomic E-state index is 10.9. The Hall–Kier alpha value is -0.570. The normalized spacial score (nSPS) is 38.4. The zero-order chi connectivity index (χ0) is 9.97. The Kier molecular flexibility index (Phi) is 3.06. The fourth-order valence-electron chi connectivity index (χ4n) is 2.86. The lowest BCUT2D eigenvalue weighted by molar-refractivity contribution is -0.139. The molecular formula is C11H19NO2. The van der Waals surface area contributed by atoms with E-state index in [0.717, 1.165) is 6.42 Å². The lowest BCUT2D eigenvalue weighted by Crippen LogP contribution is -2.36. The molecule has 2 N–H and O–H groups in total. The molecule has 0 aromatic rings. The van der Waals surface area contributed by atoms with Gasteiger partial charge in [-0.2, -0.15) is 0 Å². The van der Waals surface area contributed by atoms with Gasteiger partial charge in [-0.05, 0) is 25.2 Å². The molecule has 3 heteroatoms. The summed E-state index contributed by atoms with van der Waals surface area (Å²) >= 11 is 0. The molecule has 1 aliphatic carbocycles. The van der Waals surface area contributed by atoms with E-state index in [9.17, 15) is 4.79 Å². The Morgan fingerprint density at radius 3 is 2.57 bits per heavy atom. The van der Waals surface area contributed by atoms with Crippen LogP contribution in [0.5, 0.6) is 0 Å². The molecule has 0 aromatic carbocycles. The van der Waals surface area contributed by atoms with Gasteiger partial charge < -0.3 is 10.4 Å². The van der Waals surface area contributed by atoms with Crippen LogP contribution in [-0.4, -0.2) is 23.2 Å². The number of fused-ring (bicyclic) bond motifs is 1. The molecule has 1 heterocycles. The van der Waals surface area contributed by atoms with E-state index in [0.29, 0.717) is 12.0 Å². The van der Waals surface area contributed by atoms with E-state index in [4.69, 9.17) is 5.11 Å². The van der Waals surface area contributed by atoms with E-state index < -0.39 is 5.97 Å². The topological polar surface area (TPSA) is 49.3 Å². The molecule has 3 unspecified atom stereocenters. The molecule has 3 nitrogen and oxygen atoms in total. The summed E-state index contributed by atoms with van der Waals surface area (Å²) in [5.41, 5.74) is 0. The molecule has 80 valence electrons. The fraction of sp³-hybridized carbons (Fsp3) is 0.909. The first-order valence-corrected chi connectivity index (χ1v) is 5.76. The summed E-state index contributed by atoms with van der Waals surface area (Å²) < 4.78 is 0. The largest absolute Gasteiger partial charge is 0.480 e. The van der Waals surface area contributed by atoms with Gasteiger partial charge in [0.15, 0.2) is 0 Å². The molecule has 1 saturated heterocycles. The van der Waals surface area contributed by atoms with Crippen molar-refractivity contribution in [3.8, 4) is 0 Å². The molecule has 2 fully saturated rings. The van der Waals surface area contributed by atoms with Gasteiger partial charge >= 0.3 is 5.97 Å². The minimum Gasteiger partial charge on any atom is -0.480 e. The van der Waals surface area contributed by atoms with Crippen molar-refractivity contribution >= 4 is 5.97 Å². The zero-order valence-electron chi connectivity index (χ0n) is 8.54. The standard InChI is InChI=1S/C11H19NO2/c13-11(14)10-7-8-5-3-1-2-4-6-9(8)12-10/h8-10,12H,1-7H2,(H,13,14). The summed E-state index contributed by atoms with van der Waals surface area (Å²) in [6.07, 6.45) is 8.45. The number of carbonyl (C=O) groups is 1. The van der Waals surface area contributed by atoms with Crippen molar-refractivity contribution in [3.63, 3.8) is 0 Å². The quantitative estimate of drug-likeness (QED) is 0.673. The second-order valence-corrected chi connectivity index (χ2v) is 4.65. The molecule has 1 aliphatic heterocycles. The van der Waals surface area contributed by atoms with Crippen molar-refractivity contribution in [2.45, 2.75) is 57.0 Å². The summed E-state index contributed by atoms with van der Waals surface area (Å²) in [5.74, 6) is -0.0480. The smallest absolute Gasteiger partial charge is 0.320 e. The second-order valence-electron chi connectivity index (χ2n) is 4.65. The summed E-state index contributed by atoms with van der Waals surface area (Å²) in [6, 6.07) is 0.208. The van der Waals surface area contributed by atoms with Crippen molar-refractivity contribution in [1.29, 1.82) is 0 Å². The van der Waals surface area contributed by atoms with E-state index in [1.54, 1.807) is 0 Å². The van der Waals surface area contributed by atoms with Crippen LogP contribution in [0.2, 0.25) is 0 Å². The summed E-state index contributed by atoms with van der Waals surface area (Å²) in [5, 5.41) is 12.2. The Morgan fingerprint density at radius 1 is 1.14 bits per heavy atom. The number of carboxylic acids is 1. The average Bonchev–Trinajstić information content (AvgIpc) is 2.48. The lowest BCUT2D eigenvalue weighted by atomic mass is 9.87. The van der Waals surface area contributed by atoms with Crippen molar-refractivity contribution < 1.29 is 9.90 Å². The molecule has 14 heavy (non-hydrogen) atoms. The zero-order valence-corrected chi connectivity index (χ0v) is 8.54. The third kappa shape index (κ3) is 2.08. The van der Waals surface area contributed by atoms with E-state index >= 15 is 0 Å². The fourth-order valence-corrected chi connectivity index (χ4v) is 2.86. The van der Waals surface area contributed by atoms with Crippen LogP contribution in [0, 0.1) is 5.92 Å². The number of aliphatic carboxylic acids is 1. The molecule has 2 aliphatic rings. The van der Waals surface area contributed by atoms with Gasteiger partial charge in [-0.3, -0.25) is 4.79 Å². The van der Waals surface area contributed by atoms with Gasteiger partial charge in [0, 0.05) is 6.04 Å². The Balaban J connectivity index is 1.95. The molecule has 1 saturated carbocycles. The predicted molar refractivity (Wildman–Crippen MR) is 54.2 cm³/mol. The van der Waals surface area contributed by atoms with Crippen LogP contribution in [0.25, 0.3) is 0 Å². The number of carboxylic acid groups (broad SMARTS) is 1. The predicted octanol–water partition coefficient (Wildman–Crippen LogP) is 1.77. The maximum atomic E-state index is 10.9. The van der Waals surface area contributed by atoms with Gasteiger partial charge in [-0.1, -0.05) is 25.7 Å². The van der Waals surface area contributed by atoms with Crippen LogP contribution in [0.15, 0.2) is 0 Å². The van der Waals surface area contributed by atoms with Gasteiger partial charge in [0.05, 0.1) is 0 Å². The third-order valence-electron chi connectivity index (χ3n) is 3.66. The first kappa shape index (κ1) is 9.97. The van der Waals surface area contributed by atoms with Crippen LogP contribution in [0.1, 0.15) is 44.9 Å².